The van der Waals surface area contributed by atoms with Crippen molar-refractivity contribution in [3.05, 3.63) is 11.9 Å². The standard InChI is InChI=1S/C12H27NSi/c1-9-10(2)14(12(4,5)6)11(3)13(7)8/h10,14H,3,9H2,1-2,4-8H3. The molecule has 0 aliphatic carbocycles. The number of hydrogen-bond donors (Lipinski definition) is 0. The van der Waals surface area contributed by atoms with Crippen molar-refractivity contribution < 1.29 is 0 Å². The van der Waals surface area contributed by atoms with Gasteiger partial charge in [-0.15, -0.1) is 0 Å². The monoisotopic (exact) mass is 213 g/mol. The van der Waals surface area contributed by atoms with Crippen LogP contribution in [0.25, 0.3) is 0 Å². The van der Waals surface area contributed by atoms with E-state index in [0.29, 0.717) is 5.04 Å². The zero-order valence-corrected chi connectivity index (χ0v) is 12.2. The fourth-order valence-corrected chi connectivity index (χ4v) is 6.59. The molecule has 0 radical (unpaired) electrons. The molecule has 0 aliphatic heterocycles. The van der Waals surface area contributed by atoms with E-state index in [1.165, 1.54) is 11.7 Å². The highest BCUT2D eigenvalue weighted by Gasteiger charge is 2.33. The molecule has 0 fully saturated rings. The third kappa shape index (κ3) is 3.49. The van der Waals surface area contributed by atoms with Crippen LogP contribution in [0.2, 0.25) is 10.6 Å². The molecule has 0 N–H and O–H groups in total. The molecule has 0 heterocycles. The lowest BCUT2D eigenvalue weighted by atomic mass is 10.2. The lowest BCUT2D eigenvalue weighted by molar-refractivity contribution is 0.530. The van der Waals surface area contributed by atoms with E-state index in [4.69, 9.17) is 0 Å². The van der Waals surface area contributed by atoms with Gasteiger partial charge in [-0.2, -0.15) is 0 Å². The van der Waals surface area contributed by atoms with Crippen LogP contribution in [0.15, 0.2) is 11.9 Å². The highest BCUT2D eigenvalue weighted by atomic mass is 28.3. The minimum atomic E-state index is -0.937. The number of hydrogen-bond acceptors (Lipinski definition) is 1. The second-order valence-electron chi connectivity index (χ2n) is 5.61. The van der Waals surface area contributed by atoms with Crippen LogP contribution >= 0.6 is 0 Å². The second kappa shape index (κ2) is 5.01. The van der Waals surface area contributed by atoms with Crippen LogP contribution in [0.3, 0.4) is 0 Å². The first-order valence-corrected chi connectivity index (χ1v) is 7.40. The molecule has 0 spiro atoms. The SMILES string of the molecule is C=C(N(C)C)[SiH](C(C)CC)C(C)(C)C. The first kappa shape index (κ1) is 13.8. The Balaban J connectivity index is 4.83. The van der Waals surface area contributed by atoms with Gasteiger partial charge in [0.25, 0.3) is 0 Å². The topological polar surface area (TPSA) is 3.24 Å². The van der Waals surface area contributed by atoms with Gasteiger partial charge in [-0.3, -0.25) is 0 Å². The summed E-state index contributed by atoms with van der Waals surface area (Å²) in [7, 11) is 3.31. The molecule has 0 saturated heterocycles. The Morgan fingerprint density at radius 3 is 2.00 bits per heavy atom. The summed E-state index contributed by atoms with van der Waals surface area (Å²) < 4.78 is 0. The molecule has 0 aromatic rings. The highest BCUT2D eigenvalue weighted by Crippen LogP contribution is 2.39. The molecule has 1 nitrogen and oxygen atoms in total. The van der Waals surface area contributed by atoms with Crippen molar-refractivity contribution in [1.82, 2.24) is 4.90 Å². The van der Waals surface area contributed by atoms with Crippen LogP contribution in [0.4, 0.5) is 0 Å². The predicted molar refractivity (Wildman–Crippen MR) is 69.4 cm³/mol. The Morgan fingerprint density at radius 1 is 1.36 bits per heavy atom. The summed E-state index contributed by atoms with van der Waals surface area (Å²) in [6.07, 6.45) is 1.28. The van der Waals surface area contributed by atoms with Crippen molar-refractivity contribution in [3.8, 4) is 0 Å². The van der Waals surface area contributed by atoms with Gasteiger partial charge in [0.1, 0.15) is 0 Å². The quantitative estimate of drug-likeness (QED) is 0.647. The maximum absolute atomic E-state index is 4.28. The van der Waals surface area contributed by atoms with E-state index in [2.05, 4.69) is 60.2 Å². The van der Waals surface area contributed by atoms with Crippen molar-refractivity contribution in [3.63, 3.8) is 0 Å². The van der Waals surface area contributed by atoms with E-state index in [1.807, 2.05) is 0 Å². The van der Waals surface area contributed by atoms with Gasteiger partial charge in [0.15, 0.2) is 0 Å². The van der Waals surface area contributed by atoms with Crippen LogP contribution in [0.1, 0.15) is 41.0 Å². The smallest absolute Gasteiger partial charge is 0.0985 e. The normalized spacial score (nSPS) is 16.2. The number of rotatable bonds is 4. The summed E-state index contributed by atoms with van der Waals surface area (Å²) in [4.78, 5) is 2.22. The van der Waals surface area contributed by atoms with Gasteiger partial charge in [0.05, 0.1) is 8.80 Å². The van der Waals surface area contributed by atoms with E-state index < -0.39 is 8.80 Å². The second-order valence-corrected chi connectivity index (χ2v) is 10.1. The van der Waals surface area contributed by atoms with Crippen molar-refractivity contribution >= 4 is 8.80 Å². The summed E-state index contributed by atoms with van der Waals surface area (Å²) in [5.41, 5.74) is 0.838. The molecule has 2 unspecified atom stereocenters. The molecular formula is C12H27NSi. The van der Waals surface area contributed by atoms with Crippen molar-refractivity contribution in [2.75, 3.05) is 14.1 Å². The molecule has 0 aliphatic rings. The molecule has 0 aromatic heterocycles. The lowest BCUT2D eigenvalue weighted by Crippen LogP contribution is -2.37. The maximum atomic E-state index is 4.28. The maximum Gasteiger partial charge on any atom is 0.0985 e. The van der Waals surface area contributed by atoms with Crippen LogP contribution in [0.5, 0.6) is 0 Å². The Morgan fingerprint density at radius 2 is 1.79 bits per heavy atom. The summed E-state index contributed by atoms with van der Waals surface area (Å²) in [6, 6.07) is 0. The largest absolute Gasteiger partial charge is 0.385 e. The molecule has 0 saturated carbocycles. The predicted octanol–water partition coefficient (Wildman–Crippen LogP) is 3.43. The average Bonchev–Trinajstić information content (AvgIpc) is 2.01. The van der Waals surface area contributed by atoms with Gasteiger partial charge in [-0.05, 0) is 15.9 Å². The number of nitrogens with zero attached hydrogens (tertiary/aromatic N) is 1. The Hall–Kier alpha value is -0.243. The molecule has 84 valence electrons. The Labute approximate surface area is 91.8 Å². The molecule has 2 heteroatoms. The zero-order valence-electron chi connectivity index (χ0n) is 11.0. The first-order valence-electron chi connectivity index (χ1n) is 5.57. The van der Waals surface area contributed by atoms with Crippen molar-refractivity contribution in [2.24, 2.45) is 0 Å². The Kier molecular flexibility index (Phi) is 4.92. The molecule has 0 amide bonds. The molecule has 14 heavy (non-hydrogen) atoms. The van der Waals surface area contributed by atoms with Crippen LogP contribution in [0, 0.1) is 0 Å². The van der Waals surface area contributed by atoms with Crippen molar-refractivity contribution in [2.45, 2.75) is 51.6 Å². The summed E-state index contributed by atoms with van der Waals surface area (Å²) in [5.74, 6) is 0. The van der Waals surface area contributed by atoms with Crippen LogP contribution in [-0.2, 0) is 0 Å². The third-order valence-corrected chi connectivity index (χ3v) is 7.79. The van der Waals surface area contributed by atoms with E-state index in [9.17, 15) is 0 Å². The fraction of sp³-hybridized carbons (Fsp3) is 0.833. The lowest BCUT2D eigenvalue weighted by Gasteiger charge is -2.38. The highest BCUT2D eigenvalue weighted by molar-refractivity contribution is 6.70. The van der Waals surface area contributed by atoms with E-state index in [-0.39, 0.29) is 0 Å². The molecular weight excluding hydrogens is 186 g/mol. The summed E-state index contributed by atoms with van der Waals surface area (Å²) in [5, 5.41) is 1.84. The fourth-order valence-electron chi connectivity index (χ4n) is 2.20. The van der Waals surface area contributed by atoms with Crippen LogP contribution < -0.4 is 0 Å². The molecule has 0 bridgehead atoms. The third-order valence-electron chi connectivity index (χ3n) is 3.08. The van der Waals surface area contributed by atoms with E-state index in [1.54, 1.807) is 0 Å². The molecule has 0 aromatic carbocycles. The van der Waals surface area contributed by atoms with E-state index >= 15 is 0 Å². The van der Waals surface area contributed by atoms with Crippen molar-refractivity contribution in [1.29, 1.82) is 0 Å². The molecule has 2 atom stereocenters. The Bertz CT molecular complexity index is 191. The van der Waals surface area contributed by atoms with Gasteiger partial charge >= 0.3 is 0 Å². The summed E-state index contributed by atoms with van der Waals surface area (Å²) in [6.45, 7) is 16.1. The summed E-state index contributed by atoms with van der Waals surface area (Å²) >= 11 is 0. The average molecular weight is 213 g/mol. The van der Waals surface area contributed by atoms with Gasteiger partial charge in [0, 0.05) is 14.1 Å². The molecule has 0 rings (SSSR count). The first-order chi connectivity index (χ1) is 6.21. The van der Waals surface area contributed by atoms with Crippen LogP contribution in [-0.4, -0.2) is 27.8 Å². The van der Waals surface area contributed by atoms with Gasteiger partial charge < -0.3 is 4.90 Å². The zero-order chi connectivity index (χ0) is 11.5. The van der Waals surface area contributed by atoms with E-state index in [0.717, 1.165) is 5.54 Å². The van der Waals surface area contributed by atoms with Gasteiger partial charge in [-0.1, -0.05) is 47.6 Å². The minimum Gasteiger partial charge on any atom is -0.385 e. The van der Waals surface area contributed by atoms with Gasteiger partial charge in [-0.25, -0.2) is 0 Å². The minimum absolute atomic E-state index is 0.441. The van der Waals surface area contributed by atoms with Gasteiger partial charge in [0.2, 0.25) is 0 Å².